The molecule has 0 spiro atoms. The van der Waals surface area contributed by atoms with E-state index in [0.717, 1.165) is 25.1 Å². The van der Waals surface area contributed by atoms with Gasteiger partial charge in [-0.05, 0) is 30.7 Å². The number of nitrogens with one attached hydrogen (secondary N) is 1. The summed E-state index contributed by atoms with van der Waals surface area (Å²) in [5.41, 5.74) is 1.09. The highest BCUT2D eigenvalue weighted by Crippen LogP contribution is 2.22. The Labute approximate surface area is 127 Å². The molecule has 1 saturated heterocycles. The van der Waals surface area contributed by atoms with Crippen LogP contribution in [0.3, 0.4) is 0 Å². The minimum atomic E-state index is -3.43. The molecular weight excluding hydrogens is 288 g/mol. The zero-order valence-electron chi connectivity index (χ0n) is 12.7. The Hall–Kier alpha value is -0.950. The van der Waals surface area contributed by atoms with Crippen molar-refractivity contribution in [2.24, 2.45) is 0 Å². The summed E-state index contributed by atoms with van der Waals surface area (Å²) in [5, 5.41) is 3.23. The van der Waals surface area contributed by atoms with Crippen molar-refractivity contribution in [2.45, 2.75) is 37.8 Å². The third-order valence-corrected chi connectivity index (χ3v) is 5.72. The molecule has 1 aliphatic rings. The van der Waals surface area contributed by atoms with E-state index >= 15 is 0 Å². The Morgan fingerprint density at radius 3 is 2.62 bits per heavy atom. The maximum Gasteiger partial charge on any atom is 0.243 e. The summed E-state index contributed by atoms with van der Waals surface area (Å²) in [5.74, 6) is 0. The predicted molar refractivity (Wildman–Crippen MR) is 82.6 cm³/mol. The average Bonchev–Trinajstić information content (AvgIpc) is 2.53. The SMILES string of the molecule is CCNCc1ccc(S(=O)(=O)N2CCOCC2CC)cc1. The molecule has 1 fully saturated rings. The highest BCUT2D eigenvalue weighted by Gasteiger charge is 2.32. The van der Waals surface area contributed by atoms with E-state index in [0.29, 0.717) is 24.7 Å². The first kappa shape index (κ1) is 16.4. The Morgan fingerprint density at radius 1 is 1.29 bits per heavy atom. The van der Waals surface area contributed by atoms with Gasteiger partial charge in [0, 0.05) is 19.1 Å². The molecule has 0 aromatic heterocycles. The second-order valence-electron chi connectivity index (χ2n) is 5.18. The molecule has 0 aliphatic carbocycles. The van der Waals surface area contributed by atoms with E-state index in [1.807, 2.05) is 26.0 Å². The predicted octanol–water partition coefficient (Wildman–Crippen LogP) is 1.60. The second kappa shape index (κ2) is 7.35. The molecule has 1 aliphatic heterocycles. The fraction of sp³-hybridized carbons (Fsp3) is 0.600. The van der Waals surface area contributed by atoms with Crippen LogP contribution in [0.1, 0.15) is 25.8 Å². The van der Waals surface area contributed by atoms with Crippen molar-refractivity contribution in [1.29, 1.82) is 0 Å². The van der Waals surface area contributed by atoms with Gasteiger partial charge in [-0.25, -0.2) is 8.42 Å². The van der Waals surface area contributed by atoms with E-state index in [4.69, 9.17) is 4.74 Å². The van der Waals surface area contributed by atoms with E-state index in [1.54, 1.807) is 16.4 Å². The third-order valence-electron chi connectivity index (χ3n) is 3.75. The van der Waals surface area contributed by atoms with Gasteiger partial charge in [0.1, 0.15) is 0 Å². The van der Waals surface area contributed by atoms with Gasteiger partial charge in [0.2, 0.25) is 10.0 Å². The number of nitrogens with zero attached hydrogens (tertiary/aromatic N) is 1. The van der Waals surface area contributed by atoms with Crippen LogP contribution in [-0.2, 0) is 21.3 Å². The number of rotatable bonds is 6. The first-order valence-corrected chi connectivity index (χ1v) is 8.92. The lowest BCUT2D eigenvalue weighted by Crippen LogP contribution is -2.48. The lowest BCUT2D eigenvalue weighted by Gasteiger charge is -2.34. The zero-order valence-corrected chi connectivity index (χ0v) is 13.5. The van der Waals surface area contributed by atoms with Crippen LogP contribution >= 0.6 is 0 Å². The molecule has 1 unspecified atom stereocenters. The van der Waals surface area contributed by atoms with Gasteiger partial charge in [0.05, 0.1) is 18.1 Å². The van der Waals surface area contributed by atoms with E-state index in [9.17, 15) is 8.42 Å². The average molecular weight is 312 g/mol. The van der Waals surface area contributed by atoms with Gasteiger partial charge in [0.25, 0.3) is 0 Å². The largest absolute Gasteiger partial charge is 0.378 e. The molecule has 5 nitrogen and oxygen atoms in total. The summed E-state index contributed by atoms with van der Waals surface area (Å²) in [6.45, 7) is 7.06. The van der Waals surface area contributed by atoms with Crippen molar-refractivity contribution >= 4 is 10.0 Å². The second-order valence-corrected chi connectivity index (χ2v) is 7.07. The van der Waals surface area contributed by atoms with Crippen LogP contribution in [0.2, 0.25) is 0 Å². The minimum absolute atomic E-state index is 0.0646. The van der Waals surface area contributed by atoms with Crippen LogP contribution in [0.15, 0.2) is 29.2 Å². The van der Waals surface area contributed by atoms with Gasteiger partial charge in [0.15, 0.2) is 0 Å². The maximum absolute atomic E-state index is 12.7. The molecule has 21 heavy (non-hydrogen) atoms. The lowest BCUT2D eigenvalue weighted by atomic mass is 10.2. The van der Waals surface area contributed by atoms with Gasteiger partial charge >= 0.3 is 0 Å². The fourth-order valence-electron chi connectivity index (χ4n) is 2.46. The van der Waals surface area contributed by atoms with Crippen LogP contribution in [0.5, 0.6) is 0 Å². The molecule has 2 rings (SSSR count). The van der Waals surface area contributed by atoms with Crippen molar-refractivity contribution in [3.63, 3.8) is 0 Å². The normalized spacial score (nSPS) is 20.6. The van der Waals surface area contributed by atoms with Gasteiger partial charge in [-0.15, -0.1) is 0 Å². The molecule has 1 aromatic carbocycles. The van der Waals surface area contributed by atoms with Crippen LogP contribution in [0, 0.1) is 0 Å². The summed E-state index contributed by atoms with van der Waals surface area (Å²) < 4.78 is 32.4. The van der Waals surface area contributed by atoms with E-state index in [-0.39, 0.29) is 6.04 Å². The van der Waals surface area contributed by atoms with Crippen molar-refractivity contribution in [1.82, 2.24) is 9.62 Å². The smallest absolute Gasteiger partial charge is 0.243 e. The molecular formula is C15H24N2O3S. The van der Waals surface area contributed by atoms with Crippen molar-refractivity contribution in [3.8, 4) is 0 Å². The molecule has 1 atom stereocenters. The van der Waals surface area contributed by atoms with Crippen LogP contribution < -0.4 is 5.32 Å². The lowest BCUT2D eigenvalue weighted by molar-refractivity contribution is 0.0314. The van der Waals surface area contributed by atoms with E-state index in [1.165, 1.54) is 0 Å². The highest BCUT2D eigenvalue weighted by molar-refractivity contribution is 7.89. The molecule has 0 amide bonds. The van der Waals surface area contributed by atoms with Gasteiger partial charge in [-0.2, -0.15) is 4.31 Å². The van der Waals surface area contributed by atoms with E-state index < -0.39 is 10.0 Å². The quantitative estimate of drug-likeness (QED) is 0.867. The number of benzene rings is 1. The third kappa shape index (κ3) is 3.83. The Balaban J connectivity index is 2.18. The highest BCUT2D eigenvalue weighted by atomic mass is 32.2. The Kier molecular flexibility index (Phi) is 5.75. The van der Waals surface area contributed by atoms with Crippen LogP contribution in [-0.4, -0.2) is 45.1 Å². The minimum Gasteiger partial charge on any atom is -0.378 e. The monoisotopic (exact) mass is 312 g/mol. The topological polar surface area (TPSA) is 58.6 Å². The molecule has 1 heterocycles. The van der Waals surface area contributed by atoms with Crippen molar-refractivity contribution in [2.75, 3.05) is 26.3 Å². The summed E-state index contributed by atoms with van der Waals surface area (Å²) in [6, 6.07) is 7.08. The standard InChI is InChI=1S/C15H24N2O3S/c1-3-14-12-20-10-9-17(14)21(18,19)15-7-5-13(6-8-15)11-16-4-2/h5-8,14,16H,3-4,9-12H2,1-2H3. The molecule has 1 aromatic rings. The molecule has 0 radical (unpaired) electrons. The number of sulfonamides is 1. The van der Waals surface area contributed by atoms with Crippen molar-refractivity contribution < 1.29 is 13.2 Å². The fourth-order valence-corrected chi connectivity index (χ4v) is 4.13. The number of ether oxygens (including phenoxy) is 1. The molecule has 1 N–H and O–H groups in total. The number of hydrogen-bond acceptors (Lipinski definition) is 4. The van der Waals surface area contributed by atoms with Gasteiger partial charge in [-0.3, -0.25) is 0 Å². The zero-order chi connectivity index (χ0) is 15.3. The molecule has 6 heteroatoms. The Morgan fingerprint density at radius 2 is 2.00 bits per heavy atom. The van der Waals surface area contributed by atoms with Gasteiger partial charge in [-0.1, -0.05) is 26.0 Å². The van der Waals surface area contributed by atoms with Crippen LogP contribution in [0.25, 0.3) is 0 Å². The Bertz CT molecular complexity index is 543. The van der Waals surface area contributed by atoms with Crippen molar-refractivity contribution in [3.05, 3.63) is 29.8 Å². The summed E-state index contributed by atoms with van der Waals surface area (Å²) in [7, 11) is -3.43. The first-order valence-electron chi connectivity index (χ1n) is 7.48. The molecule has 0 bridgehead atoms. The maximum atomic E-state index is 12.7. The summed E-state index contributed by atoms with van der Waals surface area (Å²) in [4.78, 5) is 0.364. The van der Waals surface area contributed by atoms with Crippen LogP contribution in [0.4, 0.5) is 0 Å². The number of morpholine rings is 1. The number of hydrogen-bond donors (Lipinski definition) is 1. The molecule has 0 saturated carbocycles. The first-order chi connectivity index (χ1) is 10.1. The summed E-state index contributed by atoms with van der Waals surface area (Å²) >= 11 is 0. The molecule has 118 valence electrons. The summed E-state index contributed by atoms with van der Waals surface area (Å²) in [6.07, 6.45) is 0.762. The van der Waals surface area contributed by atoms with E-state index in [2.05, 4.69) is 5.32 Å². The van der Waals surface area contributed by atoms with Gasteiger partial charge < -0.3 is 10.1 Å².